The summed E-state index contributed by atoms with van der Waals surface area (Å²) >= 11 is 0. The summed E-state index contributed by atoms with van der Waals surface area (Å²) in [4.78, 5) is 28.8. The average Bonchev–Trinajstić information content (AvgIpc) is 2.76. The third kappa shape index (κ3) is 2.50. The SMILES string of the molecule is Cc1cccnc1C(=O)N1CCCC1CC(=O)O. The van der Waals surface area contributed by atoms with Gasteiger partial charge in [-0.15, -0.1) is 0 Å². The molecule has 2 rings (SSSR count). The first kappa shape index (κ1) is 12.5. The number of carboxylic acids is 1. The van der Waals surface area contributed by atoms with Crippen molar-refractivity contribution >= 4 is 11.9 Å². The molecule has 1 fully saturated rings. The van der Waals surface area contributed by atoms with Gasteiger partial charge < -0.3 is 10.0 Å². The number of rotatable bonds is 3. The molecular weight excluding hydrogens is 232 g/mol. The predicted molar refractivity (Wildman–Crippen MR) is 65.3 cm³/mol. The van der Waals surface area contributed by atoms with Crippen LogP contribution in [-0.4, -0.2) is 39.5 Å². The minimum atomic E-state index is -0.863. The fraction of sp³-hybridized carbons (Fsp3) is 0.462. The molecule has 0 saturated carbocycles. The Bertz CT molecular complexity index is 473. The van der Waals surface area contributed by atoms with E-state index in [0.29, 0.717) is 12.2 Å². The normalized spacial score (nSPS) is 18.9. The van der Waals surface area contributed by atoms with Gasteiger partial charge in [-0.3, -0.25) is 14.6 Å². The first-order chi connectivity index (χ1) is 8.59. The van der Waals surface area contributed by atoms with Gasteiger partial charge in [0.25, 0.3) is 5.91 Å². The van der Waals surface area contributed by atoms with Gasteiger partial charge in [-0.25, -0.2) is 0 Å². The quantitative estimate of drug-likeness (QED) is 0.879. The van der Waals surface area contributed by atoms with Crippen molar-refractivity contribution in [3.05, 3.63) is 29.6 Å². The Balaban J connectivity index is 2.18. The smallest absolute Gasteiger partial charge is 0.305 e. The van der Waals surface area contributed by atoms with E-state index >= 15 is 0 Å². The number of carbonyl (C=O) groups is 2. The van der Waals surface area contributed by atoms with Crippen LogP contribution in [-0.2, 0) is 4.79 Å². The summed E-state index contributed by atoms with van der Waals surface area (Å²) in [7, 11) is 0. The van der Waals surface area contributed by atoms with Crippen molar-refractivity contribution < 1.29 is 14.7 Å². The van der Waals surface area contributed by atoms with Gasteiger partial charge in [0.05, 0.1) is 6.42 Å². The second kappa shape index (κ2) is 5.16. The fourth-order valence-corrected chi connectivity index (χ4v) is 2.36. The molecule has 5 nitrogen and oxygen atoms in total. The average molecular weight is 248 g/mol. The van der Waals surface area contributed by atoms with Gasteiger partial charge in [-0.05, 0) is 31.4 Å². The van der Waals surface area contributed by atoms with Crippen LogP contribution in [0.25, 0.3) is 0 Å². The van der Waals surface area contributed by atoms with E-state index in [1.54, 1.807) is 17.2 Å². The van der Waals surface area contributed by atoms with E-state index in [-0.39, 0.29) is 18.4 Å². The largest absolute Gasteiger partial charge is 0.481 e. The van der Waals surface area contributed by atoms with Crippen LogP contribution in [0.2, 0.25) is 0 Å². The Morgan fingerprint density at radius 1 is 1.56 bits per heavy atom. The van der Waals surface area contributed by atoms with Crippen LogP contribution >= 0.6 is 0 Å². The molecule has 1 unspecified atom stereocenters. The van der Waals surface area contributed by atoms with Crippen molar-refractivity contribution in [2.45, 2.75) is 32.2 Å². The molecule has 96 valence electrons. The number of amides is 1. The lowest BCUT2D eigenvalue weighted by Crippen LogP contribution is -2.37. The summed E-state index contributed by atoms with van der Waals surface area (Å²) in [5, 5.41) is 8.85. The van der Waals surface area contributed by atoms with Crippen LogP contribution in [0, 0.1) is 6.92 Å². The zero-order chi connectivity index (χ0) is 13.1. The van der Waals surface area contributed by atoms with Crippen molar-refractivity contribution in [1.29, 1.82) is 0 Å². The lowest BCUT2D eigenvalue weighted by atomic mass is 10.1. The number of carbonyl (C=O) groups excluding carboxylic acids is 1. The van der Waals surface area contributed by atoms with E-state index in [4.69, 9.17) is 5.11 Å². The molecule has 1 aromatic rings. The maximum atomic E-state index is 12.3. The lowest BCUT2D eigenvalue weighted by molar-refractivity contribution is -0.137. The van der Waals surface area contributed by atoms with E-state index in [9.17, 15) is 9.59 Å². The summed E-state index contributed by atoms with van der Waals surface area (Å²) in [6.45, 7) is 2.45. The number of likely N-dealkylation sites (tertiary alicyclic amines) is 1. The first-order valence-corrected chi connectivity index (χ1v) is 6.04. The van der Waals surface area contributed by atoms with Crippen molar-refractivity contribution in [2.24, 2.45) is 0 Å². The Morgan fingerprint density at radius 3 is 3.00 bits per heavy atom. The summed E-state index contributed by atoms with van der Waals surface area (Å²) in [6.07, 6.45) is 3.21. The molecule has 1 atom stereocenters. The molecule has 0 aliphatic carbocycles. The van der Waals surface area contributed by atoms with Crippen LogP contribution in [0.15, 0.2) is 18.3 Å². The zero-order valence-electron chi connectivity index (χ0n) is 10.3. The number of hydrogen-bond acceptors (Lipinski definition) is 3. The third-order valence-corrected chi connectivity index (χ3v) is 3.26. The van der Waals surface area contributed by atoms with Crippen molar-refractivity contribution in [3.63, 3.8) is 0 Å². The topological polar surface area (TPSA) is 70.5 Å². The molecule has 1 N–H and O–H groups in total. The van der Waals surface area contributed by atoms with E-state index in [1.165, 1.54) is 0 Å². The van der Waals surface area contributed by atoms with Gasteiger partial charge in [-0.2, -0.15) is 0 Å². The molecule has 0 bridgehead atoms. The highest BCUT2D eigenvalue weighted by Crippen LogP contribution is 2.22. The highest BCUT2D eigenvalue weighted by Gasteiger charge is 2.31. The summed E-state index contributed by atoms with van der Waals surface area (Å²) in [5.74, 6) is -1.02. The summed E-state index contributed by atoms with van der Waals surface area (Å²) in [5.41, 5.74) is 1.25. The van der Waals surface area contributed by atoms with Crippen LogP contribution in [0.4, 0.5) is 0 Å². The van der Waals surface area contributed by atoms with Crippen molar-refractivity contribution in [2.75, 3.05) is 6.54 Å². The van der Waals surface area contributed by atoms with Crippen LogP contribution in [0.3, 0.4) is 0 Å². The van der Waals surface area contributed by atoms with E-state index < -0.39 is 5.97 Å². The van der Waals surface area contributed by atoms with Crippen molar-refractivity contribution in [3.8, 4) is 0 Å². The molecule has 1 saturated heterocycles. The predicted octanol–water partition coefficient (Wildman–Crippen LogP) is 1.47. The van der Waals surface area contributed by atoms with Gasteiger partial charge in [-0.1, -0.05) is 6.07 Å². The van der Waals surface area contributed by atoms with E-state index in [1.807, 2.05) is 13.0 Å². The molecule has 18 heavy (non-hydrogen) atoms. The van der Waals surface area contributed by atoms with E-state index in [2.05, 4.69) is 4.98 Å². The minimum absolute atomic E-state index is 0.0115. The first-order valence-electron chi connectivity index (χ1n) is 6.04. The molecule has 1 aliphatic rings. The maximum Gasteiger partial charge on any atom is 0.305 e. The number of aryl methyl sites for hydroxylation is 1. The van der Waals surface area contributed by atoms with Crippen LogP contribution in [0.1, 0.15) is 35.3 Å². The molecule has 1 amide bonds. The number of nitrogens with zero attached hydrogens (tertiary/aromatic N) is 2. The third-order valence-electron chi connectivity index (χ3n) is 3.26. The van der Waals surface area contributed by atoms with Crippen LogP contribution in [0.5, 0.6) is 0 Å². The number of pyridine rings is 1. The molecule has 1 aromatic heterocycles. The second-order valence-electron chi connectivity index (χ2n) is 4.56. The van der Waals surface area contributed by atoms with E-state index in [0.717, 1.165) is 18.4 Å². The maximum absolute atomic E-state index is 12.3. The molecule has 1 aliphatic heterocycles. The standard InChI is InChI=1S/C13H16N2O3/c1-9-4-2-6-14-12(9)13(18)15-7-3-5-10(15)8-11(16)17/h2,4,6,10H,3,5,7-8H2,1H3,(H,16,17). The molecule has 0 aromatic carbocycles. The number of aliphatic carboxylic acids is 1. The summed E-state index contributed by atoms with van der Waals surface area (Å²) in [6, 6.07) is 3.42. The van der Waals surface area contributed by atoms with Crippen LogP contribution < -0.4 is 0 Å². The lowest BCUT2D eigenvalue weighted by Gasteiger charge is -2.23. The molecule has 0 spiro atoms. The second-order valence-corrected chi connectivity index (χ2v) is 4.56. The Kier molecular flexibility index (Phi) is 3.60. The Labute approximate surface area is 105 Å². The summed E-state index contributed by atoms with van der Waals surface area (Å²) < 4.78 is 0. The Morgan fingerprint density at radius 2 is 2.33 bits per heavy atom. The molecule has 5 heteroatoms. The van der Waals surface area contributed by atoms with Gasteiger partial charge >= 0.3 is 5.97 Å². The molecular formula is C13H16N2O3. The monoisotopic (exact) mass is 248 g/mol. The number of carboxylic acid groups (broad SMARTS) is 1. The fourth-order valence-electron chi connectivity index (χ4n) is 2.36. The van der Waals surface area contributed by atoms with Gasteiger partial charge in [0.2, 0.25) is 0 Å². The highest BCUT2D eigenvalue weighted by atomic mass is 16.4. The van der Waals surface area contributed by atoms with Gasteiger partial charge in [0, 0.05) is 18.8 Å². The molecule has 0 radical (unpaired) electrons. The van der Waals surface area contributed by atoms with Gasteiger partial charge in [0.1, 0.15) is 5.69 Å². The Hall–Kier alpha value is -1.91. The minimum Gasteiger partial charge on any atom is -0.481 e. The molecule has 2 heterocycles. The zero-order valence-corrected chi connectivity index (χ0v) is 10.3. The van der Waals surface area contributed by atoms with Gasteiger partial charge in [0.15, 0.2) is 0 Å². The number of hydrogen-bond donors (Lipinski definition) is 1. The van der Waals surface area contributed by atoms with Crippen molar-refractivity contribution in [1.82, 2.24) is 9.88 Å². The highest BCUT2D eigenvalue weighted by molar-refractivity contribution is 5.94. The number of aromatic nitrogens is 1.